The molecule has 1 saturated carbocycles. The minimum atomic E-state index is 0.0170. The van der Waals surface area contributed by atoms with E-state index in [-0.39, 0.29) is 6.03 Å². The molecule has 1 N–H and O–H groups in total. The number of benzene rings is 1. The molecule has 0 spiro atoms. The number of urea groups is 1. The molecular formula is C20H23N3O. The monoisotopic (exact) mass is 321 g/mol. The van der Waals surface area contributed by atoms with Crippen molar-refractivity contribution in [1.29, 1.82) is 0 Å². The van der Waals surface area contributed by atoms with Gasteiger partial charge in [-0.2, -0.15) is 0 Å². The minimum absolute atomic E-state index is 0.0170. The predicted molar refractivity (Wildman–Crippen MR) is 95.8 cm³/mol. The van der Waals surface area contributed by atoms with E-state index in [1.165, 1.54) is 0 Å². The van der Waals surface area contributed by atoms with Gasteiger partial charge in [-0.15, -0.1) is 0 Å². The van der Waals surface area contributed by atoms with E-state index in [1.807, 2.05) is 41.3 Å². The highest BCUT2D eigenvalue weighted by atomic mass is 16.2. The van der Waals surface area contributed by atoms with E-state index in [1.54, 1.807) is 6.20 Å². The lowest BCUT2D eigenvalue weighted by molar-refractivity contribution is 0.197. The Hall–Kier alpha value is -2.36. The average Bonchev–Trinajstić information content (AvgIpc) is 3.27. The zero-order valence-corrected chi connectivity index (χ0v) is 14.2. The van der Waals surface area contributed by atoms with Crippen LogP contribution in [-0.4, -0.2) is 29.0 Å². The summed E-state index contributed by atoms with van der Waals surface area (Å²) in [5.74, 6) is 2.36. The summed E-state index contributed by atoms with van der Waals surface area (Å²) in [6.07, 6.45) is 2.94. The van der Waals surface area contributed by atoms with E-state index in [0.29, 0.717) is 5.92 Å². The van der Waals surface area contributed by atoms with Gasteiger partial charge in [-0.3, -0.25) is 4.98 Å². The van der Waals surface area contributed by atoms with Crippen molar-refractivity contribution in [3.63, 3.8) is 0 Å². The maximum Gasteiger partial charge on any atom is 0.321 e. The van der Waals surface area contributed by atoms with Crippen LogP contribution in [0.3, 0.4) is 0 Å². The number of aryl methyl sites for hydroxylation is 1. The first kappa shape index (κ1) is 15.2. The molecule has 3 atom stereocenters. The summed E-state index contributed by atoms with van der Waals surface area (Å²) in [5, 5.41) is 3.06. The summed E-state index contributed by atoms with van der Waals surface area (Å²) in [6, 6.07) is 11.9. The quantitative estimate of drug-likeness (QED) is 0.902. The van der Waals surface area contributed by atoms with Gasteiger partial charge in [-0.05, 0) is 60.9 Å². The van der Waals surface area contributed by atoms with Gasteiger partial charge in [0.2, 0.25) is 0 Å². The molecule has 1 aliphatic heterocycles. The molecule has 4 nitrogen and oxygen atoms in total. The summed E-state index contributed by atoms with van der Waals surface area (Å²) in [7, 11) is 0. The van der Waals surface area contributed by atoms with Crippen LogP contribution in [-0.2, 0) is 0 Å². The number of rotatable bonds is 2. The lowest BCUT2D eigenvalue weighted by atomic mass is 10.0. The van der Waals surface area contributed by atoms with Crippen molar-refractivity contribution < 1.29 is 4.79 Å². The van der Waals surface area contributed by atoms with Gasteiger partial charge in [0.25, 0.3) is 0 Å². The summed E-state index contributed by atoms with van der Waals surface area (Å²) >= 11 is 0. The molecule has 2 amide bonds. The highest BCUT2D eigenvalue weighted by molar-refractivity contribution is 5.90. The number of anilines is 1. The molecular weight excluding hydrogens is 298 g/mol. The van der Waals surface area contributed by atoms with Crippen molar-refractivity contribution in [3.8, 4) is 11.3 Å². The fraction of sp³-hybridized carbons (Fsp3) is 0.400. The number of pyridine rings is 1. The number of hydrogen-bond acceptors (Lipinski definition) is 2. The molecule has 24 heavy (non-hydrogen) atoms. The number of amides is 2. The number of likely N-dealkylation sites (tertiary alicyclic amines) is 1. The fourth-order valence-electron chi connectivity index (χ4n) is 3.95. The third kappa shape index (κ3) is 2.77. The molecule has 0 bridgehead atoms. The van der Waals surface area contributed by atoms with Crippen LogP contribution >= 0.6 is 0 Å². The second-order valence-corrected chi connectivity index (χ2v) is 7.10. The maximum absolute atomic E-state index is 12.6. The van der Waals surface area contributed by atoms with E-state index in [9.17, 15) is 4.79 Å². The SMILES string of the molecule is Cc1ccc(NC(=O)N2CCC3C(C)C3C2)cc1-c1ccccn1. The molecule has 2 fully saturated rings. The van der Waals surface area contributed by atoms with Gasteiger partial charge in [-0.1, -0.05) is 19.1 Å². The number of carbonyl (C=O) groups excluding carboxylic acids is 1. The first-order valence-electron chi connectivity index (χ1n) is 8.71. The molecule has 124 valence electrons. The van der Waals surface area contributed by atoms with Gasteiger partial charge < -0.3 is 10.2 Å². The predicted octanol–water partition coefficient (Wildman–Crippen LogP) is 4.18. The summed E-state index contributed by atoms with van der Waals surface area (Å²) < 4.78 is 0. The van der Waals surface area contributed by atoms with Crippen molar-refractivity contribution in [2.75, 3.05) is 18.4 Å². The van der Waals surface area contributed by atoms with Crippen LogP contribution in [0, 0.1) is 24.7 Å². The number of carbonyl (C=O) groups is 1. The van der Waals surface area contributed by atoms with E-state index in [2.05, 4.69) is 24.1 Å². The molecule has 4 heteroatoms. The van der Waals surface area contributed by atoms with Gasteiger partial charge in [0, 0.05) is 30.5 Å². The lowest BCUT2D eigenvalue weighted by Crippen LogP contribution is -2.39. The molecule has 1 aromatic heterocycles. The summed E-state index contributed by atoms with van der Waals surface area (Å²) in [4.78, 5) is 19.0. The van der Waals surface area contributed by atoms with Crippen LogP contribution in [0.2, 0.25) is 0 Å². The Morgan fingerprint density at radius 3 is 2.88 bits per heavy atom. The van der Waals surface area contributed by atoms with E-state index in [4.69, 9.17) is 0 Å². The molecule has 1 saturated heterocycles. The lowest BCUT2D eigenvalue weighted by Gasteiger charge is -2.26. The Morgan fingerprint density at radius 1 is 1.25 bits per heavy atom. The molecule has 1 aromatic carbocycles. The second-order valence-electron chi connectivity index (χ2n) is 7.10. The molecule has 1 aliphatic carbocycles. The zero-order valence-electron chi connectivity index (χ0n) is 14.2. The van der Waals surface area contributed by atoms with Gasteiger partial charge in [0.05, 0.1) is 5.69 Å². The normalized spacial score (nSPS) is 25.1. The van der Waals surface area contributed by atoms with Gasteiger partial charge in [0.1, 0.15) is 0 Å². The van der Waals surface area contributed by atoms with Crippen molar-refractivity contribution in [1.82, 2.24) is 9.88 Å². The van der Waals surface area contributed by atoms with Gasteiger partial charge in [-0.25, -0.2) is 4.79 Å². The smallest absolute Gasteiger partial charge is 0.321 e. The Morgan fingerprint density at radius 2 is 2.12 bits per heavy atom. The van der Waals surface area contributed by atoms with Crippen LogP contribution in [0.4, 0.5) is 10.5 Å². The van der Waals surface area contributed by atoms with Gasteiger partial charge >= 0.3 is 6.03 Å². The Kier molecular flexibility index (Phi) is 3.75. The Balaban J connectivity index is 1.49. The van der Waals surface area contributed by atoms with Crippen molar-refractivity contribution in [3.05, 3.63) is 48.2 Å². The first-order chi connectivity index (χ1) is 11.6. The van der Waals surface area contributed by atoms with Crippen molar-refractivity contribution in [2.24, 2.45) is 17.8 Å². The highest BCUT2D eigenvalue weighted by Gasteiger charge is 2.50. The summed E-state index contributed by atoms with van der Waals surface area (Å²) in [6.45, 7) is 6.14. The van der Waals surface area contributed by atoms with Crippen LogP contribution in [0.25, 0.3) is 11.3 Å². The fourth-order valence-corrected chi connectivity index (χ4v) is 3.95. The standard InChI is InChI=1S/C20H23N3O/c1-13-6-7-15(11-17(13)19-5-3-4-9-21-19)22-20(24)23-10-8-16-14(2)18(16)12-23/h3-7,9,11,14,16,18H,8,10,12H2,1-2H3,(H,22,24). The zero-order chi connectivity index (χ0) is 16.7. The maximum atomic E-state index is 12.6. The number of hydrogen-bond donors (Lipinski definition) is 1. The van der Waals surface area contributed by atoms with Gasteiger partial charge in [0.15, 0.2) is 0 Å². The van der Waals surface area contributed by atoms with Crippen LogP contribution in [0.5, 0.6) is 0 Å². The number of nitrogens with one attached hydrogen (secondary N) is 1. The number of aromatic nitrogens is 1. The van der Waals surface area contributed by atoms with Crippen LogP contribution in [0.15, 0.2) is 42.6 Å². The van der Waals surface area contributed by atoms with Crippen molar-refractivity contribution >= 4 is 11.7 Å². The molecule has 2 heterocycles. The van der Waals surface area contributed by atoms with Crippen LogP contribution in [0.1, 0.15) is 18.9 Å². The summed E-state index contributed by atoms with van der Waals surface area (Å²) in [5.41, 5.74) is 3.97. The molecule has 0 radical (unpaired) electrons. The second kappa shape index (κ2) is 5.93. The van der Waals surface area contributed by atoms with E-state index in [0.717, 1.165) is 53.9 Å². The first-order valence-corrected chi connectivity index (χ1v) is 8.71. The Bertz CT molecular complexity index is 759. The average molecular weight is 321 g/mol. The molecule has 2 aliphatic rings. The topological polar surface area (TPSA) is 45.2 Å². The highest BCUT2D eigenvalue weighted by Crippen LogP contribution is 2.51. The van der Waals surface area contributed by atoms with E-state index >= 15 is 0 Å². The third-order valence-corrected chi connectivity index (χ3v) is 5.64. The molecule has 2 aromatic rings. The third-order valence-electron chi connectivity index (χ3n) is 5.64. The molecule has 3 unspecified atom stereocenters. The number of nitrogens with zero attached hydrogens (tertiary/aromatic N) is 2. The minimum Gasteiger partial charge on any atom is -0.324 e. The molecule has 4 rings (SSSR count). The van der Waals surface area contributed by atoms with E-state index < -0.39 is 0 Å². The van der Waals surface area contributed by atoms with Crippen LogP contribution < -0.4 is 5.32 Å². The largest absolute Gasteiger partial charge is 0.324 e. The number of fused-ring (bicyclic) bond motifs is 1. The van der Waals surface area contributed by atoms with Crippen molar-refractivity contribution in [2.45, 2.75) is 20.3 Å². The Labute approximate surface area is 142 Å². The number of piperidine rings is 1.